The number of rotatable bonds is 7. The van der Waals surface area contributed by atoms with E-state index in [9.17, 15) is 5.11 Å². The van der Waals surface area contributed by atoms with Crippen LogP contribution >= 0.6 is 0 Å². The van der Waals surface area contributed by atoms with Gasteiger partial charge in [-0.1, -0.05) is 38.5 Å². The summed E-state index contributed by atoms with van der Waals surface area (Å²) in [5.74, 6) is 0. The van der Waals surface area contributed by atoms with E-state index in [2.05, 4.69) is 20.4 Å². The molecule has 1 saturated heterocycles. The lowest BCUT2D eigenvalue weighted by molar-refractivity contribution is 0.147. The Balaban J connectivity index is 2.16. The van der Waals surface area contributed by atoms with E-state index in [0.717, 1.165) is 19.4 Å². The lowest BCUT2D eigenvalue weighted by Gasteiger charge is -2.25. The minimum atomic E-state index is -0.992. The number of aliphatic hydroxyl groups excluding tert-OH is 1. The molecule has 0 aromatic heterocycles. The highest BCUT2D eigenvalue weighted by Gasteiger charge is 2.28. The van der Waals surface area contributed by atoms with Crippen molar-refractivity contribution in [1.82, 2.24) is 0 Å². The third-order valence-corrected chi connectivity index (χ3v) is 8.64. The summed E-state index contributed by atoms with van der Waals surface area (Å²) >= 11 is 0. The quantitative estimate of drug-likeness (QED) is 0.524. The Bertz CT molecular complexity index is 165. The first-order chi connectivity index (χ1) is 6.59. The lowest BCUT2D eigenvalue weighted by atomic mass is 10.2. The highest BCUT2D eigenvalue weighted by molar-refractivity contribution is 6.78. The number of epoxide rings is 1. The molecule has 1 rings (SSSR count). The maximum absolute atomic E-state index is 9.76. The van der Waals surface area contributed by atoms with Crippen molar-refractivity contribution in [3.63, 3.8) is 0 Å². The Hall–Kier alpha value is 0.137. The Kier molecular flexibility index (Phi) is 4.61. The summed E-state index contributed by atoms with van der Waals surface area (Å²) in [7, 11) is -0.992. The van der Waals surface area contributed by atoms with Gasteiger partial charge in [-0.15, -0.1) is 0 Å². The highest BCUT2D eigenvalue weighted by atomic mass is 28.3. The van der Waals surface area contributed by atoms with Crippen LogP contribution in [0, 0.1) is 0 Å². The molecule has 2 unspecified atom stereocenters. The Labute approximate surface area is 88.7 Å². The molecule has 0 saturated carbocycles. The van der Waals surface area contributed by atoms with Crippen LogP contribution in [0.4, 0.5) is 0 Å². The van der Waals surface area contributed by atoms with Crippen molar-refractivity contribution in [1.29, 1.82) is 0 Å². The fourth-order valence-electron chi connectivity index (χ4n) is 1.74. The zero-order valence-corrected chi connectivity index (χ0v) is 10.8. The molecule has 0 spiro atoms. The molecule has 0 aromatic carbocycles. The molecule has 0 aromatic rings. The molecule has 0 amide bonds. The zero-order chi connectivity index (χ0) is 10.6. The van der Waals surface area contributed by atoms with Crippen molar-refractivity contribution < 1.29 is 9.84 Å². The average Bonchev–Trinajstić information content (AvgIpc) is 2.98. The fourth-order valence-corrected chi connectivity index (χ4v) is 3.98. The summed E-state index contributed by atoms with van der Waals surface area (Å²) in [4.78, 5) is 0. The SMILES string of the molecule is CC[Si](C)(CC)CCC(O)CC1CO1. The molecule has 1 aliphatic rings. The number of ether oxygens (including phenoxy) is 1. The normalized spacial score (nSPS) is 23.6. The van der Waals surface area contributed by atoms with Gasteiger partial charge in [0.25, 0.3) is 0 Å². The van der Waals surface area contributed by atoms with Gasteiger partial charge in [0.2, 0.25) is 0 Å². The van der Waals surface area contributed by atoms with Gasteiger partial charge in [-0.25, -0.2) is 0 Å². The molecule has 0 bridgehead atoms. The van der Waals surface area contributed by atoms with Gasteiger partial charge in [0.1, 0.15) is 0 Å². The maximum Gasteiger partial charge on any atom is 0.0834 e. The molecule has 2 nitrogen and oxygen atoms in total. The summed E-state index contributed by atoms with van der Waals surface area (Å²) in [6, 6.07) is 3.96. The highest BCUT2D eigenvalue weighted by Crippen LogP contribution is 2.25. The molecule has 1 N–H and O–H groups in total. The van der Waals surface area contributed by atoms with Gasteiger partial charge >= 0.3 is 0 Å². The second kappa shape index (κ2) is 5.28. The van der Waals surface area contributed by atoms with Gasteiger partial charge in [0.15, 0.2) is 0 Å². The van der Waals surface area contributed by atoms with Crippen molar-refractivity contribution in [2.45, 2.75) is 63.6 Å². The van der Waals surface area contributed by atoms with Gasteiger partial charge in [0.05, 0.1) is 18.8 Å². The van der Waals surface area contributed by atoms with Gasteiger partial charge in [0, 0.05) is 14.5 Å². The molecule has 1 heterocycles. The minimum absolute atomic E-state index is 0.118. The second-order valence-corrected chi connectivity index (χ2v) is 10.4. The van der Waals surface area contributed by atoms with E-state index in [0.29, 0.717) is 6.10 Å². The van der Waals surface area contributed by atoms with Crippen molar-refractivity contribution in [3.8, 4) is 0 Å². The summed E-state index contributed by atoms with van der Waals surface area (Å²) in [5, 5.41) is 9.76. The molecule has 2 atom stereocenters. The van der Waals surface area contributed by atoms with E-state index < -0.39 is 8.07 Å². The maximum atomic E-state index is 9.76. The van der Waals surface area contributed by atoms with E-state index in [1.807, 2.05) is 0 Å². The van der Waals surface area contributed by atoms with Crippen molar-refractivity contribution >= 4 is 8.07 Å². The predicted molar refractivity (Wildman–Crippen MR) is 62.4 cm³/mol. The first kappa shape index (κ1) is 12.2. The summed E-state index contributed by atoms with van der Waals surface area (Å²) in [5.41, 5.74) is 0. The van der Waals surface area contributed by atoms with Gasteiger partial charge in [-0.05, 0) is 6.42 Å². The molecule has 14 heavy (non-hydrogen) atoms. The largest absolute Gasteiger partial charge is 0.393 e. The third-order valence-electron chi connectivity index (χ3n) is 3.73. The van der Waals surface area contributed by atoms with Gasteiger partial charge < -0.3 is 9.84 Å². The fraction of sp³-hybridized carbons (Fsp3) is 1.00. The molecule has 0 aliphatic carbocycles. The summed E-state index contributed by atoms with van der Waals surface area (Å²) in [6.45, 7) is 7.92. The standard InChI is InChI=1S/C11H24O2Si/c1-4-14(3,5-2)7-6-10(12)8-11-9-13-11/h10-12H,4-9H2,1-3H3. The monoisotopic (exact) mass is 216 g/mol. The zero-order valence-electron chi connectivity index (χ0n) is 9.75. The lowest BCUT2D eigenvalue weighted by Crippen LogP contribution is -2.29. The number of aliphatic hydroxyl groups is 1. The molecule has 84 valence electrons. The van der Waals surface area contributed by atoms with E-state index in [-0.39, 0.29) is 6.10 Å². The van der Waals surface area contributed by atoms with Crippen molar-refractivity contribution in [2.75, 3.05) is 6.61 Å². The second-order valence-electron chi connectivity index (χ2n) is 4.90. The first-order valence-electron chi connectivity index (χ1n) is 5.89. The van der Waals surface area contributed by atoms with E-state index in [4.69, 9.17) is 4.74 Å². The molecule has 1 fully saturated rings. The van der Waals surface area contributed by atoms with Crippen LogP contribution in [0.25, 0.3) is 0 Å². The predicted octanol–water partition coefficient (Wildman–Crippen LogP) is 2.64. The van der Waals surface area contributed by atoms with Crippen LogP contribution in [-0.2, 0) is 4.74 Å². The molecular weight excluding hydrogens is 192 g/mol. The average molecular weight is 216 g/mol. The smallest absolute Gasteiger partial charge is 0.0834 e. The van der Waals surface area contributed by atoms with E-state index >= 15 is 0 Å². The topological polar surface area (TPSA) is 32.8 Å². The third kappa shape index (κ3) is 4.11. The molecule has 3 heteroatoms. The Morgan fingerprint density at radius 1 is 1.43 bits per heavy atom. The molecule has 1 aliphatic heterocycles. The van der Waals surface area contributed by atoms with Crippen LogP contribution in [0.15, 0.2) is 0 Å². The van der Waals surface area contributed by atoms with Gasteiger partial charge in [-0.2, -0.15) is 0 Å². The van der Waals surface area contributed by atoms with Crippen LogP contribution < -0.4 is 0 Å². The number of hydrogen-bond acceptors (Lipinski definition) is 2. The minimum Gasteiger partial charge on any atom is -0.393 e. The van der Waals surface area contributed by atoms with E-state index in [1.165, 1.54) is 18.1 Å². The van der Waals surface area contributed by atoms with Crippen molar-refractivity contribution in [3.05, 3.63) is 0 Å². The summed E-state index contributed by atoms with van der Waals surface area (Å²) in [6.07, 6.45) is 2.11. The van der Waals surface area contributed by atoms with Crippen LogP contribution in [0.5, 0.6) is 0 Å². The molecule has 0 radical (unpaired) electrons. The van der Waals surface area contributed by atoms with Gasteiger partial charge in [-0.3, -0.25) is 0 Å². The molecular formula is C11H24O2Si. The van der Waals surface area contributed by atoms with Crippen LogP contribution in [0.2, 0.25) is 24.7 Å². The van der Waals surface area contributed by atoms with Crippen LogP contribution in [-0.4, -0.2) is 32.0 Å². The Morgan fingerprint density at radius 2 is 2.00 bits per heavy atom. The van der Waals surface area contributed by atoms with Crippen LogP contribution in [0.1, 0.15) is 26.7 Å². The first-order valence-corrected chi connectivity index (χ1v) is 9.01. The van der Waals surface area contributed by atoms with E-state index in [1.54, 1.807) is 0 Å². The Morgan fingerprint density at radius 3 is 2.43 bits per heavy atom. The summed E-state index contributed by atoms with van der Waals surface area (Å²) < 4.78 is 5.12. The van der Waals surface area contributed by atoms with Crippen molar-refractivity contribution in [2.24, 2.45) is 0 Å². The van der Waals surface area contributed by atoms with Crippen LogP contribution in [0.3, 0.4) is 0 Å². The number of hydrogen-bond donors (Lipinski definition) is 1.